The summed E-state index contributed by atoms with van der Waals surface area (Å²) in [4.78, 5) is 2.27. The Bertz CT molecular complexity index is 809. The minimum Gasteiger partial charge on any atom is -0.493 e. The van der Waals surface area contributed by atoms with Gasteiger partial charge in [0.25, 0.3) is 0 Å². The highest BCUT2D eigenvalue weighted by Gasteiger charge is 2.20. The van der Waals surface area contributed by atoms with Crippen molar-refractivity contribution in [2.24, 2.45) is 0 Å². The Morgan fingerprint density at radius 1 is 1.06 bits per heavy atom. The molecule has 0 aliphatic heterocycles. The van der Waals surface area contributed by atoms with Crippen LogP contribution in [0.5, 0.6) is 11.5 Å². The van der Waals surface area contributed by atoms with E-state index in [1.54, 1.807) is 7.11 Å². The largest absolute Gasteiger partial charge is 0.493 e. The van der Waals surface area contributed by atoms with Gasteiger partial charge in [0.05, 0.1) is 7.11 Å². The quantitative estimate of drug-likeness (QED) is 0.481. The molecule has 0 aromatic heterocycles. The van der Waals surface area contributed by atoms with Crippen LogP contribution in [0.1, 0.15) is 43.2 Å². The molecular weight excluding hydrogens is 407 g/mol. The van der Waals surface area contributed by atoms with E-state index in [-0.39, 0.29) is 12.4 Å². The van der Waals surface area contributed by atoms with Crippen LogP contribution in [0, 0.1) is 5.82 Å². The molecular formula is C26H37FN2O3. The number of halogens is 1. The zero-order valence-corrected chi connectivity index (χ0v) is 19.4. The Morgan fingerprint density at radius 2 is 1.78 bits per heavy atom. The van der Waals surface area contributed by atoms with Gasteiger partial charge in [0.2, 0.25) is 0 Å². The first-order chi connectivity index (χ1) is 15.5. The monoisotopic (exact) mass is 444 g/mol. The first-order valence-corrected chi connectivity index (χ1v) is 11.7. The van der Waals surface area contributed by atoms with Crippen molar-refractivity contribution >= 4 is 0 Å². The van der Waals surface area contributed by atoms with Gasteiger partial charge in [-0.3, -0.25) is 0 Å². The van der Waals surface area contributed by atoms with Crippen LogP contribution in [0.15, 0.2) is 42.5 Å². The molecule has 176 valence electrons. The van der Waals surface area contributed by atoms with Gasteiger partial charge in [0.15, 0.2) is 11.5 Å². The van der Waals surface area contributed by atoms with Crippen LogP contribution >= 0.6 is 0 Å². The van der Waals surface area contributed by atoms with Crippen molar-refractivity contribution in [3.05, 3.63) is 59.4 Å². The summed E-state index contributed by atoms with van der Waals surface area (Å²) in [5, 5.41) is 13.8. The molecule has 0 unspecified atom stereocenters. The number of benzene rings is 2. The van der Waals surface area contributed by atoms with Gasteiger partial charge >= 0.3 is 0 Å². The minimum absolute atomic E-state index is 0.208. The summed E-state index contributed by atoms with van der Waals surface area (Å²) in [5.41, 5.74) is 2.19. The van der Waals surface area contributed by atoms with Crippen molar-refractivity contribution in [1.82, 2.24) is 10.2 Å². The van der Waals surface area contributed by atoms with E-state index < -0.39 is 6.10 Å². The normalized spacial score (nSPS) is 15.7. The molecule has 5 nitrogen and oxygen atoms in total. The number of aliphatic hydroxyl groups excluding tert-OH is 1. The number of hydrogen-bond donors (Lipinski definition) is 2. The maximum absolute atomic E-state index is 13.0. The highest BCUT2D eigenvalue weighted by molar-refractivity contribution is 5.43. The molecule has 2 aromatic rings. The van der Waals surface area contributed by atoms with E-state index in [1.165, 1.54) is 44.2 Å². The molecule has 1 saturated carbocycles. The number of rotatable bonds is 12. The van der Waals surface area contributed by atoms with E-state index >= 15 is 0 Å². The number of likely N-dealkylation sites (N-methyl/N-ethyl adjacent to an activating group) is 1. The molecule has 2 N–H and O–H groups in total. The van der Waals surface area contributed by atoms with Gasteiger partial charge in [-0.1, -0.05) is 37.5 Å². The molecule has 32 heavy (non-hydrogen) atoms. The fourth-order valence-electron chi connectivity index (χ4n) is 4.30. The SMILES string of the molecule is COc1cc(CNCCc2ccc(F)cc2)ccc1OC[C@@H](O)CN(C)C1CCCCC1. The number of nitrogens with one attached hydrogen (secondary N) is 1. The second kappa shape index (κ2) is 12.8. The maximum atomic E-state index is 13.0. The number of aliphatic hydroxyl groups is 1. The molecule has 3 rings (SSSR count). The Hall–Kier alpha value is -2.15. The summed E-state index contributed by atoms with van der Waals surface area (Å²) < 4.78 is 24.4. The van der Waals surface area contributed by atoms with Crippen molar-refractivity contribution < 1.29 is 19.0 Å². The van der Waals surface area contributed by atoms with E-state index in [1.807, 2.05) is 30.3 Å². The van der Waals surface area contributed by atoms with Crippen LogP contribution in [0.3, 0.4) is 0 Å². The van der Waals surface area contributed by atoms with Crippen LogP contribution in [0.2, 0.25) is 0 Å². The molecule has 0 amide bonds. The maximum Gasteiger partial charge on any atom is 0.161 e. The molecule has 0 radical (unpaired) electrons. The molecule has 2 aromatic carbocycles. The third kappa shape index (κ3) is 7.76. The smallest absolute Gasteiger partial charge is 0.161 e. The first-order valence-electron chi connectivity index (χ1n) is 11.7. The van der Waals surface area contributed by atoms with Crippen molar-refractivity contribution in [3.63, 3.8) is 0 Å². The summed E-state index contributed by atoms with van der Waals surface area (Å²) >= 11 is 0. The molecule has 1 fully saturated rings. The van der Waals surface area contributed by atoms with Crippen LogP contribution in [-0.4, -0.2) is 56.0 Å². The van der Waals surface area contributed by atoms with Crippen molar-refractivity contribution in [3.8, 4) is 11.5 Å². The lowest BCUT2D eigenvalue weighted by Crippen LogP contribution is -2.40. The zero-order chi connectivity index (χ0) is 22.8. The van der Waals surface area contributed by atoms with Gasteiger partial charge in [-0.2, -0.15) is 0 Å². The topological polar surface area (TPSA) is 54.0 Å². The molecule has 0 bridgehead atoms. The summed E-state index contributed by atoms with van der Waals surface area (Å²) in [7, 11) is 3.72. The predicted octanol–water partition coefficient (Wildman–Crippen LogP) is 4.17. The summed E-state index contributed by atoms with van der Waals surface area (Å²) in [6, 6.07) is 13.0. The van der Waals surface area contributed by atoms with E-state index in [0.717, 1.165) is 24.1 Å². The molecule has 1 atom stereocenters. The standard InChI is InChI=1S/C26H37FN2O3/c1-29(23-6-4-3-5-7-23)18-24(30)19-32-25-13-10-21(16-26(25)31-2)17-28-15-14-20-8-11-22(27)12-9-20/h8-13,16,23-24,28,30H,3-7,14-15,17-19H2,1-2H3/t24-/m0/s1. The number of hydrogen-bond acceptors (Lipinski definition) is 5. The van der Waals surface area contributed by atoms with Gasteiger partial charge in [0, 0.05) is 19.1 Å². The summed E-state index contributed by atoms with van der Waals surface area (Å²) in [5.74, 6) is 1.09. The molecule has 0 saturated heterocycles. The van der Waals surface area contributed by atoms with Gasteiger partial charge < -0.3 is 24.8 Å². The van der Waals surface area contributed by atoms with Crippen LogP contribution < -0.4 is 14.8 Å². The van der Waals surface area contributed by atoms with E-state index in [2.05, 4.69) is 17.3 Å². The van der Waals surface area contributed by atoms with E-state index in [4.69, 9.17) is 9.47 Å². The van der Waals surface area contributed by atoms with Crippen molar-refractivity contribution in [2.75, 3.05) is 33.9 Å². The molecule has 0 spiro atoms. The Morgan fingerprint density at radius 3 is 2.50 bits per heavy atom. The lowest BCUT2D eigenvalue weighted by Gasteiger charge is -2.32. The van der Waals surface area contributed by atoms with Crippen LogP contribution in [-0.2, 0) is 13.0 Å². The molecule has 1 aliphatic rings. The third-order valence-electron chi connectivity index (χ3n) is 6.19. The average Bonchev–Trinajstić information content (AvgIpc) is 2.82. The predicted molar refractivity (Wildman–Crippen MR) is 126 cm³/mol. The Balaban J connectivity index is 1.42. The third-order valence-corrected chi connectivity index (χ3v) is 6.19. The number of ether oxygens (including phenoxy) is 2. The number of nitrogens with zero attached hydrogens (tertiary/aromatic N) is 1. The Labute approximate surface area is 191 Å². The van der Waals surface area contributed by atoms with Crippen molar-refractivity contribution in [2.45, 2.75) is 57.2 Å². The lowest BCUT2D eigenvalue weighted by molar-refractivity contribution is 0.0553. The fraction of sp³-hybridized carbons (Fsp3) is 0.538. The highest BCUT2D eigenvalue weighted by atomic mass is 19.1. The second-order valence-electron chi connectivity index (χ2n) is 8.73. The lowest BCUT2D eigenvalue weighted by atomic mass is 9.94. The van der Waals surface area contributed by atoms with Gasteiger partial charge in [-0.15, -0.1) is 0 Å². The average molecular weight is 445 g/mol. The van der Waals surface area contributed by atoms with Crippen molar-refractivity contribution in [1.29, 1.82) is 0 Å². The second-order valence-corrected chi connectivity index (χ2v) is 8.73. The van der Waals surface area contributed by atoms with Crippen LogP contribution in [0.4, 0.5) is 4.39 Å². The zero-order valence-electron chi connectivity index (χ0n) is 19.4. The molecule has 0 heterocycles. The molecule has 1 aliphatic carbocycles. The molecule has 6 heteroatoms. The summed E-state index contributed by atoms with van der Waals surface area (Å²) in [6.07, 6.45) is 6.63. The number of methoxy groups -OCH3 is 1. The summed E-state index contributed by atoms with van der Waals surface area (Å²) in [6.45, 7) is 2.35. The fourth-order valence-corrected chi connectivity index (χ4v) is 4.30. The highest BCUT2D eigenvalue weighted by Crippen LogP contribution is 2.28. The van der Waals surface area contributed by atoms with E-state index in [9.17, 15) is 9.50 Å². The Kier molecular flexibility index (Phi) is 9.78. The minimum atomic E-state index is -0.542. The van der Waals surface area contributed by atoms with Gasteiger partial charge in [-0.05, 0) is 68.2 Å². The first kappa shape index (κ1) is 24.5. The van der Waals surface area contributed by atoms with Gasteiger partial charge in [-0.25, -0.2) is 4.39 Å². The van der Waals surface area contributed by atoms with Crippen LogP contribution in [0.25, 0.3) is 0 Å². The van der Waals surface area contributed by atoms with E-state index in [0.29, 0.717) is 30.6 Å². The van der Waals surface area contributed by atoms with Gasteiger partial charge in [0.1, 0.15) is 18.5 Å².